The summed E-state index contributed by atoms with van der Waals surface area (Å²) in [7, 11) is -2.99. The minimum atomic E-state index is -2.99. The van der Waals surface area contributed by atoms with Gasteiger partial charge in [-0.1, -0.05) is 12.1 Å². The van der Waals surface area contributed by atoms with Crippen molar-refractivity contribution in [3.05, 3.63) is 41.9 Å². The molecule has 1 aromatic heterocycles. The molecule has 1 aliphatic rings. The largest absolute Gasteiger partial charge is 0.355 e. The summed E-state index contributed by atoms with van der Waals surface area (Å²) in [4.78, 5) is 7.61. The van der Waals surface area contributed by atoms with Crippen LogP contribution < -0.4 is 10.6 Å². The standard InChI is InChI=1S/C13H14N4O2S2/c18-21(19)6-5-9(8-21)15-13(20)14-7-12-16-10-3-1-2-4-11(10)17-12/h1-5H,6-8H2,(H,16,17)(H2,14,15,20). The molecule has 0 atom stereocenters. The molecule has 8 heteroatoms. The van der Waals surface area contributed by atoms with E-state index < -0.39 is 9.84 Å². The van der Waals surface area contributed by atoms with Crippen molar-refractivity contribution in [1.29, 1.82) is 0 Å². The van der Waals surface area contributed by atoms with Crippen molar-refractivity contribution >= 4 is 38.2 Å². The smallest absolute Gasteiger partial charge is 0.170 e. The molecule has 0 saturated carbocycles. The van der Waals surface area contributed by atoms with Gasteiger partial charge in [-0.2, -0.15) is 0 Å². The molecule has 2 aromatic rings. The van der Waals surface area contributed by atoms with E-state index in [1.165, 1.54) is 0 Å². The summed E-state index contributed by atoms with van der Waals surface area (Å²) in [6, 6.07) is 7.76. The van der Waals surface area contributed by atoms with Crippen LogP contribution in [0.15, 0.2) is 36.0 Å². The first-order valence-corrected chi connectivity index (χ1v) is 8.63. The molecule has 0 aliphatic carbocycles. The van der Waals surface area contributed by atoms with Crippen molar-refractivity contribution in [1.82, 2.24) is 20.6 Å². The number of aromatic amines is 1. The Balaban J connectivity index is 1.56. The molecule has 3 rings (SSSR count). The lowest BCUT2D eigenvalue weighted by atomic mass is 10.3. The van der Waals surface area contributed by atoms with Crippen LogP contribution in [0.1, 0.15) is 5.82 Å². The van der Waals surface area contributed by atoms with Gasteiger partial charge in [0.15, 0.2) is 14.9 Å². The molecule has 0 unspecified atom stereocenters. The van der Waals surface area contributed by atoms with Crippen molar-refractivity contribution in [2.45, 2.75) is 6.54 Å². The Hall–Kier alpha value is -1.93. The zero-order valence-electron chi connectivity index (χ0n) is 11.1. The number of para-hydroxylation sites is 2. The van der Waals surface area contributed by atoms with Crippen molar-refractivity contribution < 1.29 is 8.42 Å². The van der Waals surface area contributed by atoms with Crippen LogP contribution in [0.3, 0.4) is 0 Å². The van der Waals surface area contributed by atoms with Crippen LogP contribution >= 0.6 is 12.2 Å². The number of hydrogen-bond donors (Lipinski definition) is 3. The minimum Gasteiger partial charge on any atom is -0.355 e. The molecular weight excluding hydrogens is 308 g/mol. The Morgan fingerprint density at radius 3 is 2.90 bits per heavy atom. The SMILES string of the molecule is O=S1(=O)CC=C(NC(=S)NCc2nc3ccccc3[nH]2)C1. The molecule has 0 spiro atoms. The molecule has 21 heavy (non-hydrogen) atoms. The molecule has 0 fully saturated rings. The topological polar surface area (TPSA) is 86.9 Å². The lowest BCUT2D eigenvalue weighted by Crippen LogP contribution is -2.35. The van der Waals surface area contributed by atoms with E-state index >= 15 is 0 Å². The summed E-state index contributed by atoms with van der Waals surface area (Å²) in [5.41, 5.74) is 2.49. The second-order valence-electron chi connectivity index (χ2n) is 4.79. The fraction of sp³-hybridized carbons (Fsp3) is 0.231. The number of fused-ring (bicyclic) bond motifs is 1. The fourth-order valence-corrected chi connectivity index (χ4v) is 3.55. The number of H-pyrrole nitrogens is 1. The van der Waals surface area contributed by atoms with Gasteiger partial charge in [0.05, 0.1) is 29.1 Å². The normalized spacial score (nSPS) is 16.7. The highest BCUT2D eigenvalue weighted by Gasteiger charge is 2.20. The zero-order valence-corrected chi connectivity index (χ0v) is 12.7. The Morgan fingerprint density at radius 2 is 2.19 bits per heavy atom. The number of nitrogens with zero attached hydrogens (tertiary/aromatic N) is 1. The summed E-state index contributed by atoms with van der Waals surface area (Å²) in [5.74, 6) is 0.856. The molecule has 0 bridgehead atoms. The second-order valence-corrected chi connectivity index (χ2v) is 7.31. The summed E-state index contributed by atoms with van der Waals surface area (Å²) in [6.45, 7) is 0.445. The van der Waals surface area contributed by atoms with Crippen LogP contribution in [0.25, 0.3) is 11.0 Å². The van der Waals surface area contributed by atoms with E-state index in [0.29, 0.717) is 17.4 Å². The third-order valence-corrected chi connectivity index (χ3v) is 4.76. The van der Waals surface area contributed by atoms with Gasteiger partial charge in [0, 0.05) is 5.70 Å². The van der Waals surface area contributed by atoms with E-state index in [4.69, 9.17) is 12.2 Å². The fourth-order valence-electron chi connectivity index (χ4n) is 2.11. The molecule has 0 radical (unpaired) electrons. The molecular formula is C13H14N4O2S2. The Kier molecular flexibility index (Phi) is 3.64. The van der Waals surface area contributed by atoms with Crippen molar-refractivity contribution in [2.24, 2.45) is 0 Å². The third-order valence-electron chi connectivity index (χ3n) is 3.09. The second kappa shape index (κ2) is 5.45. The van der Waals surface area contributed by atoms with E-state index in [0.717, 1.165) is 16.9 Å². The predicted octanol–water partition coefficient (Wildman–Crippen LogP) is 0.839. The van der Waals surface area contributed by atoms with Crippen LogP contribution in [0, 0.1) is 0 Å². The monoisotopic (exact) mass is 322 g/mol. The van der Waals surface area contributed by atoms with Gasteiger partial charge in [0.1, 0.15) is 5.82 Å². The van der Waals surface area contributed by atoms with Crippen LogP contribution in [-0.2, 0) is 16.4 Å². The van der Waals surface area contributed by atoms with Gasteiger partial charge < -0.3 is 15.6 Å². The number of hydrogen-bond acceptors (Lipinski definition) is 4. The van der Waals surface area contributed by atoms with E-state index in [2.05, 4.69) is 20.6 Å². The van der Waals surface area contributed by atoms with E-state index in [1.54, 1.807) is 6.08 Å². The molecule has 1 aliphatic heterocycles. The van der Waals surface area contributed by atoms with Gasteiger partial charge in [0.2, 0.25) is 0 Å². The molecule has 1 aromatic carbocycles. The van der Waals surface area contributed by atoms with E-state index in [1.807, 2.05) is 24.3 Å². The summed E-state index contributed by atoms with van der Waals surface area (Å²) in [5, 5.41) is 6.29. The third kappa shape index (κ3) is 3.40. The first kappa shape index (κ1) is 14.0. The number of thiocarbonyl (C=S) groups is 1. The average Bonchev–Trinajstić information content (AvgIpc) is 2.99. The number of sulfone groups is 1. The number of rotatable bonds is 3. The van der Waals surface area contributed by atoms with Gasteiger partial charge >= 0.3 is 0 Å². The van der Waals surface area contributed by atoms with Gasteiger partial charge in [-0.05, 0) is 30.4 Å². The van der Waals surface area contributed by atoms with Gasteiger partial charge in [-0.3, -0.25) is 0 Å². The molecule has 3 N–H and O–H groups in total. The lowest BCUT2D eigenvalue weighted by molar-refractivity contribution is 0.602. The first-order chi connectivity index (χ1) is 10.0. The quantitative estimate of drug-likeness (QED) is 0.726. The highest BCUT2D eigenvalue weighted by atomic mass is 32.2. The number of aromatic nitrogens is 2. The van der Waals surface area contributed by atoms with Crippen LogP contribution in [-0.4, -0.2) is 35.0 Å². The number of nitrogens with one attached hydrogen (secondary N) is 3. The predicted molar refractivity (Wildman–Crippen MR) is 85.4 cm³/mol. The molecule has 0 saturated heterocycles. The van der Waals surface area contributed by atoms with E-state index in [9.17, 15) is 8.42 Å². The summed E-state index contributed by atoms with van der Waals surface area (Å²) < 4.78 is 22.7. The maximum atomic E-state index is 11.3. The maximum Gasteiger partial charge on any atom is 0.170 e. The molecule has 6 nitrogen and oxygen atoms in total. The van der Waals surface area contributed by atoms with Gasteiger partial charge in [0.25, 0.3) is 0 Å². The number of benzene rings is 1. The molecule has 0 amide bonds. The van der Waals surface area contributed by atoms with Crippen molar-refractivity contribution in [3.8, 4) is 0 Å². The Morgan fingerprint density at radius 1 is 1.38 bits per heavy atom. The van der Waals surface area contributed by atoms with Crippen LogP contribution in [0.5, 0.6) is 0 Å². The minimum absolute atomic E-state index is 0.0134. The molecule has 2 heterocycles. The Labute approximate surface area is 127 Å². The summed E-state index contributed by atoms with van der Waals surface area (Å²) in [6.07, 6.45) is 1.64. The van der Waals surface area contributed by atoms with Crippen LogP contribution in [0.4, 0.5) is 0 Å². The maximum absolute atomic E-state index is 11.3. The molecule has 110 valence electrons. The van der Waals surface area contributed by atoms with Crippen LogP contribution in [0.2, 0.25) is 0 Å². The Bertz CT molecular complexity index is 791. The van der Waals surface area contributed by atoms with E-state index in [-0.39, 0.29) is 11.5 Å². The first-order valence-electron chi connectivity index (χ1n) is 6.40. The zero-order chi connectivity index (χ0) is 14.9. The van der Waals surface area contributed by atoms with Gasteiger partial charge in [-0.25, -0.2) is 13.4 Å². The highest BCUT2D eigenvalue weighted by molar-refractivity contribution is 7.92. The highest BCUT2D eigenvalue weighted by Crippen LogP contribution is 2.10. The van der Waals surface area contributed by atoms with Crippen molar-refractivity contribution in [3.63, 3.8) is 0 Å². The number of imidazole rings is 1. The lowest BCUT2D eigenvalue weighted by Gasteiger charge is -2.09. The van der Waals surface area contributed by atoms with Crippen molar-refractivity contribution in [2.75, 3.05) is 11.5 Å². The summed E-state index contributed by atoms with van der Waals surface area (Å²) >= 11 is 5.15. The van der Waals surface area contributed by atoms with Gasteiger partial charge in [-0.15, -0.1) is 0 Å². The average molecular weight is 322 g/mol.